The Hall–Kier alpha value is -2.41. The van der Waals surface area contributed by atoms with Gasteiger partial charge in [0.1, 0.15) is 5.82 Å². The van der Waals surface area contributed by atoms with E-state index in [9.17, 15) is 4.39 Å². The van der Waals surface area contributed by atoms with Gasteiger partial charge in [0.25, 0.3) is 0 Å². The van der Waals surface area contributed by atoms with Gasteiger partial charge in [-0.1, -0.05) is 6.07 Å². The maximum Gasteiger partial charge on any atom is 0.141 e. The van der Waals surface area contributed by atoms with Crippen LogP contribution in [-0.2, 0) is 0 Å². The SMILES string of the molecule is CC(Nc1cccc(C#N)c1)c1cncc(F)c1. The van der Waals surface area contributed by atoms with E-state index in [1.807, 2.05) is 13.0 Å². The average molecular weight is 241 g/mol. The number of hydrogen-bond acceptors (Lipinski definition) is 3. The van der Waals surface area contributed by atoms with Crippen molar-refractivity contribution in [3.05, 3.63) is 59.7 Å². The summed E-state index contributed by atoms with van der Waals surface area (Å²) in [5.41, 5.74) is 2.17. The third-order valence-corrected chi connectivity index (χ3v) is 2.60. The molecule has 0 aliphatic heterocycles. The number of nitriles is 1. The van der Waals surface area contributed by atoms with Crippen molar-refractivity contribution >= 4 is 5.69 Å². The highest BCUT2D eigenvalue weighted by molar-refractivity contribution is 5.50. The molecule has 0 amide bonds. The highest BCUT2D eigenvalue weighted by Gasteiger charge is 2.07. The summed E-state index contributed by atoms with van der Waals surface area (Å²) in [5.74, 6) is -0.355. The summed E-state index contributed by atoms with van der Waals surface area (Å²) in [5, 5.41) is 12.0. The summed E-state index contributed by atoms with van der Waals surface area (Å²) in [6.45, 7) is 1.91. The fourth-order valence-electron chi connectivity index (χ4n) is 1.68. The lowest BCUT2D eigenvalue weighted by Gasteiger charge is -2.15. The molecule has 2 aromatic rings. The Morgan fingerprint density at radius 3 is 2.89 bits per heavy atom. The second kappa shape index (κ2) is 5.28. The number of halogens is 1. The van der Waals surface area contributed by atoms with Crippen LogP contribution in [0.1, 0.15) is 24.1 Å². The van der Waals surface area contributed by atoms with Gasteiger partial charge in [-0.25, -0.2) is 4.39 Å². The van der Waals surface area contributed by atoms with Crippen LogP contribution in [0.25, 0.3) is 0 Å². The minimum atomic E-state index is -0.355. The lowest BCUT2D eigenvalue weighted by atomic mass is 10.1. The monoisotopic (exact) mass is 241 g/mol. The van der Waals surface area contributed by atoms with E-state index in [2.05, 4.69) is 16.4 Å². The smallest absolute Gasteiger partial charge is 0.141 e. The summed E-state index contributed by atoms with van der Waals surface area (Å²) in [6, 6.07) is 10.6. The predicted octanol–water partition coefficient (Wildman–Crippen LogP) is 3.27. The summed E-state index contributed by atoms with van der Waals surface area (Å²) in [4.78, 5) is 3.81. The first kappa shape index (κ1) is 12.1. The van der Waals surface area contributed by atoms with Crippen molar-refractivity contribution in [3.8, 4) is 6.07 Å². The zero-order chi connectivity index (χ0) is 13.0. The Bertz CT molecular complexity index is 590. The number of hydrogen-bond donors (Lipinski definition) is 1. The molecule has 1 N–H and O–H groups in total. The van der Waals surface area contributed by atoms with E-state index in [0.29, 0.717) is 5.56 Å². The van der Waals surface area contributed by atoms with E-state index in [0.717, 1.165) is 11.3 Å². The number of anilines is 1. The van der Waals surface area contributed by atoms with E-state index in [4.69, 9.17) is 5.26 Å². The molecule has 2 rings (SSSR count). The van der Waals surface area contributed by atoms with Gasteiger partial charge in [0.2, 0.25) is 0 Å². The molecule has 1 aromatic carbocycles. The Morgan fingerprint density at radius 2 is 2.17 bits per heavy atom. The molecule has 0 fully saturated rings. The summed E-state index contributed by atoms with van der Waals surface area (Å²) >= 11 is 0. The molecule has 1 unspecified atom stereocenters. The predicted molar refractivity (Wildman–Crippen MR) is 67.4 cm³/mol. The topological polar surface area (TPSA) is 48.7 Å². The van der Waals surface area contributed by atoms with Gasteiger partial charge in [-0.15, -0.1) is 0 Å². The molecular formula is C14H12FN3. The lowest BCUT2D eigenvalue weighted by Crippen LogP contribution is -2.07. The van der Waals surface area contributed by atoms with E-state index >= 15 is 0 Å². The van der Waals surface area contributed by atoms with Gasteiger partial charge in [-0.05, 0) is 36.8 Å². The zero-order valence-corrected chi connectivity index (χ0v) is 9.89. The molecule has 4 heteroatoms. The van der Waals surface area contributed by atoms with Crippen LogP contribution in [-0.4, -0.2) is 4.98 Å². The standard InChI is InChI=1S/C14H12FN3/c1-10(12-6-13(15)9-17-8-12)18-14-4-2-3-11(5-14)7-16/h2-6,8-10,18H,1H3. The second-order valence-electron chi connectivity index (χ2n) is 4.00. The number of nitrogens with zero attached hydrogens (tertiary/aromatic N) is 2. The third-order valence-electron chi connectivity index (χ3n) is 2.60. The molecule has 0 saturated heterocycles. The maximum absolute atomic E-state index is 13.1. The molecule has 1 aromatic heterocycles. The van der Waals surface area contributed by atoms with Crippen LogP contribution in [0.2, 0.25) is 0 Å². The first-order valence-electron chi connectivity index (χ1n) is 5.56. The molecule has 0 aliphatic carbocycles. The fourth-order valence-corrected chi connectivity index (χ4v) is 1.68. The molecule has 0 radical (unpaired) electrons. The largest absolute Gasteiger partial charge is 0.378 e. The Kier molecular flexibility index (Phi) is 3.54. The number of nitrogens with one attached hydrogen (secondary N) is 1. The van der Waals surface area contributed by atoms with Crippen molar-refractivity contribution < 1.29 is 4.39 Å². The molecule has 0 bridgehead atoms. The minimum Gasteiger partial charge on any atom is -0.378 e. The summed E-state index contributed by atoms with van der Waals surface area (Å²) in [7, 11) is 0. The van der Waals surface area contributed by atoms with Crippen molar-refractivity contribution in [1.29, 1.82) is 5.26 Å². The van der Waals surface area contributed by atoms with Gasteiger partial charge >= 0.3 is 0 Å². The van der Waals surface area contributed by atoms with Crippen LogP contribution in [0, 0.1) is 17.1 Å². The highest BCUT2D eigenvalue weighted by atomic mass is 19.1. The number of pyridine rings is 1. The van der Waals surface area contributed by atoms with Gasteiger partial charge in [0.05, 0.1) is 23.9 Å². The molecule has 0 spiro atoms. The molecule has 18 heavy (non-hydrogen) atoms. The Labute approximate surface area is 105 Å². The Balaban J connectivity index is 2.16. The van der Waals surface area contributed by atoms with Gasteiger partial charge in [-0.2, -0.15) is 5.26 Å². The lowest BCUT2D eigenvalue weighted by molar-refractivity contribution is 0.616. The van der Waals surface area contributed by atoms with Crippen molar-refractivity contribution in [1.82, 2.24) is 4.98 Å². The number of benzene rings is 1. The average Bonchev–Trinajstić information content (AvgIpc) is 2.39. The normalized spacial score (nSPS) is 11.6. The zero-order valence-electron chi connectivity index (χ0n) is 9.89. The first-order valence-corrected chi connectivity index (χ1v) is 5.56. The molecule has 1 heterocycles. The van der Waals surface area contributed by atoms with E-state index in [1.54, 1.807) is 24.4 Å². The highest BCUT2D eigenvalue weighted by Crippen LogP contribution is 2.19. The van der Waals surface area contributed by atoms with Crippen LogP contribution in [0.4, 0.5) is 10.1 Å². The van der Waals surface area contributed by atoms with Gasteiger partial charge in [0, 0.05) is 11.9 Å². The van der Waals surface area contributed by atoms with Crippen molar-refractivity contribution in [2.75, 3.05) is 5.32 Å². The fraction of sp³-hybridized carbons (Fsp3) is 0.143. The Morgan fingerprint density at radius 1 is 1.33 bits per heavy atom. The van der Waals surface area contributed by atoms with Crippen molar-refractivity contribution in [2.24, 2.45) is 0 Å². The first-order chi connectivity index (χ1) is 8.69. The van der Waals surface area contributed by atoms with Gasteiger partial charge in [0.15, 0.2) is 0 Å². The van der Waals surface area contributed by atoms with Crippen LogP contribution in [0.3, 0.4) is 0 Å². The number of rotatable bonds is 3. The van der Waals surface area contributed by atoms with Crippen LogP contribution >= 0.6 is 0 Å². The maximum atomic E-state index is 13.1. The number of aromatic nitrogens is 1. The molecule has 0 aliphatic rings. The van der Waals surface area contributed by atoms with Crippen LogP contribution in [0.15, 0.2) is 42.7 Å². The molecule has 3 nitrogen and oxygen atoms in total. The van der Waals surface area contributed by atoms with Gasteiger partial charge < -0.3 is 5.32 Å². The van der Waals surface area contributed by atoms with E-state index in [-0.39, 0.29) is 11.9 Å². The molecule has 0 saturated carbocycles. The minimum absolute atomic E-state index is 0.0813. The van der Waals surface area contributed by atoms with Crippen LogP contribution in [0.5, 0.6) is 0 Å². The molecule has 90 valence electrons. The van der Waals surface area contributed by atoms with Crippen molar-refractivity contribution in [2.45, 2.75) is 13.0 Å². The van der Waals surface area contributed by atoms with Gasteiger partial charge in [-0.3, -0.25) is 4.98 Å². The molecule has 1 atom stereocenters. The van der Waals surface area contributed by atoms with E-state index in [1.165, 1.54) is 12.3 Å². The third kappa shape index (κ3) is 2.83. The van der Waals surface area contributed by atoms with Crippen LogP contribution < -0.4 is 5.32 Å². The summed E-state index contributed by atoms with van der Waals surface area (Å²) in [6.07, 6.45) is 2.79. The van der Waals surface area contributed by atoms with Crippen molar-refractivity contribution in [3.63, 3.8) is 0 Å². The van der Waals surface area contributed by atoms with E-state index < -0.39 is 0 Å². The summed E-state index contributed by atoms with van der Waals surface area (Å²) < 4.78 is 13.1. The quantitative estimate of drug-likeness (QED) is 0.897. The second-order valence-corrected chi connectivity index (χ2v) is 4.00. The molecular weight excluding hydrogens is 229 g/mol.